The van der Waals surface area contributed by atoms with E-state index in [1.165, 1.54) is 6.08 Å². The van der Waals surface area contributed by atoms with E-state index in [1.807, 2.05) is 6.07 Å². The Morgan fingerprint density at radius 2 is 2.38 bits per heavy atom. The smallest absolute Gasteiger partial charge is 0.328 e. The van der Waals surface area contributed by atoms with Gasteiger partial charge in [-0.1, -0.05) is 17.7 Å². The second-order valence-corrected chi connectivity index (χ2v) is 3.18. The highest BCUT2D eigenvalue weighted by Crippen LogP contribution is 2.25. The summed E-state index contributed by atoms with van der Waals surface area (Å²) in [4.78, 5) is 10.2. The molecule has 1 aromatic rings. The molecule has 0 atom stereocenters. The van der Waals surface area contributed by atoms with E-state index in [0.29, 0.717) is 10.8 Å². The second kappa shape index (κ2) is 5.79. The summed E-state index contributed by atoms with van der Waals surface area (Å²) in [6.07, 6.45) is 2.31. The third-order valence-electron chi connectivity index (χ3n) is 1.68. The number of rotatable bonds is 4. The van der Waals surface area contributed by atoms with Crippen LogP contribution in [0.2, 0.25) is 5.02 Å². The first kappa shape index (κ1) is 12.1. The van der Waals surface area contributed by atoms with Gasteiger partial charge in [-0.3, -0.25) is 0 Å². The van der Waals surface area contributed by atoms with E-state index in [1.54, 1.807) is 18.2 Å². The van der Waals surface area contributed by atoms with Crippen molar-refractivity contribution in [2.45, 2.75) is 0 Å². The minimum absolute atomic E-state index is 0.0708. The van der Waals surface area contributed by atoms with Crippen LogP contribution in [0, 0.1) is 11.3 Å². The molecule has 82 valence electrons. The molecule has 0 aromatic heterocycles. The fourth-order valence-corrected chi connectivity index (χ4v) is 1.23. The largest absolute Gasteiger partial charge is 0.488 e. The van der Waals surface area contributed by atoms with Crippen molar-refractivity contribution in [3.63, 3.8) is 0 Å². The van der Waals surface area contributed by atoms with Crippen LogP contribution < -0.4 is 4.74 Å². The number of benzene rings is 1. The molecule has 0 amide bonds. The summed E-state index contributed by atoms with van der Waals surface area (Å²) in [5.74, 6) is -0.708. The zero-order valence-corrected chi connectivity index (χ0v) is 8.94. The summed E-state index contributed by atoms with van der Waals surface area (Å²) in [6, 6.07) is 6.75. The lowest BCUT2D eigenvalue weighted by atomic mass is 10.2. The van der Waals surface area contributed by atoms with Crippen LogP contribution in [0.25, 0.3) is 0 Å². The molecule has 0 saturated heterocycles. The monoisotopic (exact) mass is 237 g/mol. The molecule has 5 heteroatoms. The minimum Gasteiger partial charge on any atom is -0.488 e. The molecule has 0 bridgehead atoms. The molecule has 0 aliphatic heterocycles. The zero-order valence-electron chi connectivity index (χ0n) is 8.18. The van der Waals surface area contributed by atoms with Crippen LogP contribution >= 0.6 is 11.6 Å². The molecule has 0 saturated carbocycles. The van der Waals surface area contributed by atoms with E-state index in [9.17, 15) is 4.79 Å². The topological polar surface area (TPSA) is 70.3 Å². The lowest BCUT2D eigenvalue weighted by molar-refractivity contribution is -0.131. The Morgan fingerprint density at radius 1 is 1.62 bits per heavy atom. The number of hydrogen-bond acceptors (Lipinski definition) is 3. The van der Waals surface area contributed by atoms with Gasteiger partial charge in [0.2, 0.25) is 0 Å². The van der Waals surface area contributed by atoms with E-state index in [2.05, 4.69) is 0 Å². The van der Waals surface area contributed by atoms with Crippen LogP contribution in [-0.2, 0) is 4.79 Å². The number of carboxylic acids is 1. The first-order valence-electron chi connectivity index (χ1n) is 4.36. The Morgan fingerprint density at radius 3 is 3.00 bits per heavy atom. The predicted molar refractivity (Wildman–Crippen MR) is 58.4 cm³/mol. The average Bonchev–Trinajstić information content (AvgIpc) is 2.24. The minimum atomic E-state index is -1.05. The number of nitrogens with zero attached hydrogens (tertiary/aromatic N) is 1. The summed E-state index contributed by atoms with van der Waals surface area (Å²) in [7, 11) is 0. The Labute approximate surface area is 97.3 Å². The fourth-order valence-electron chi connectivity index (χ4n) is 1.02. The molecule has 0 fully saturated rings. The van der Waals surface area contributed by atoms with E-state index >= 15 is 0 Å². The van der Waals surface area contributed by atoms with Gasteiger partial charge in [0.15, 0.2) is 0 Å². The van der Waals surface area contributed by atoms with Crippen molar-refractivity contribution in [3.8, 4) is 11.8 Å². The normalized spacial score (nSPS) is 10.0. The van der Waals surface area contributed by atoms with Gasteiger partial charge in [0, 0.05) is 6.08 Å². The standard InChI is InChI=1S/C11H8ClNO3/c12-9-3-1-4-10(8(9)7-13)16-6-2-5-11(14)15/h1-5H,6H2,(H,14,15)/b5-2+. The van der Waals surface area contributed by atoms with E-state index < -0.39 is 5.97 Å². The second-order valence-electron chi connectivity index (χ2n) is 2.78. The first-order chi connectivity index (χ1) is 7.65. The van der Waals surface area contributed by atoms with Crippen LogP contribution in [0.3, 0.4) is 0 Å². The van der Waals surface area contributed by atoms with Crippen LogP contribution in [0.15, 0.2) is 30.4 Å². The number of nitriles is 1. The lowest BCUT2D eigenvalue weighted by Gasteiger charge is -2.05. The first-order valence-corrected chi connectivity index (χ1v) is 4.74. The van der Waals surface area contributed by atoms with Crippen LogP contribution in [-0.4, -0.2) is 17.7 Å². The molecule has 0 radical (unpaired) electrons. The quantitative estimate of drug-likeness (QED) is 0.816. The Balaban J connectivity index is 2.72. The summed E-state index contributed by atoms with van der Waals surface area (Å²) >= 11 is 5.78. The van der Waals surface area contributed by atoms with Crippen molar-refractivity contribution in [1.29, 1.82) is 5.26 Å². The van der Waals surface area contributed by atoms with Crippen molar-refractivity contribution in [1.82, 2.24) is 0 Å². The van der Waals surface area contributed by atoms with Crippen molar-refractivity contribution in [2.75, 3.05) is 6.61 Å². The highest BCUT2D eigenvalue weighted by Gasteiger charge is 2.06. The molecular weight excluding hydrogens is 230 g/mol. The average molecular weight is 238 g/mol. The van der Waals surface area contributed by atoms with Gasteiger partial charge in [-0.2, -0.15) is 5.26 Å². The van der Waals surface area contributed by atoms with Crippen molar-refractivity contribution in [3.05, 3.63) is 40.9 Å². The van der Waals surface area contributed by atoms with E-state index in [4.69, 9.17) is 26.7 Å². The van der Waals surface area contributed by atoms with Crippen molar-refractivity contribution < 1.29 is 14.6 Å². The molecule has 16 heavy (non-hydrogen) atoms. The van der Waals surface area contributed by atoms with Crippen LogP contribution in [0.4, 0.5) is 0 Å². The third kappa shape index (κ3) is 3.30. The molecule has 1 N–H and O–H groups in total. The Hall–Kier alpha value is -1.99. The molecule has 0 spiro atoms. The maximum atomic E-state index is 10.2. The summed E-state index contributed by atoms with van der Waals surface area (Å²) in [6.45, 7) is 0.0708. The lowest BCUT2D eigenvalue weighted by Crippen LogP contribution is -1.97. The van der Waals surface area contributed by atoms with Gasteiger partial charge < -0.3 is 9.84 Å². The van der Waals surface area contributed by atoms with E-state index in [-0.39, 0.29) is 12.2 Å². The highest BCUT2D eigenvalue weighted by atomic mass is 35.5. The fraction of sp³-hybridized carbons (Fsp3) is 0.0909. The molecule has 0 unspecified atom stereocenters. The highest BCUT2D eigenvalue weighted by molar-refractivity contribution is 6.31. The van der Waals surface area contributed by atoms with Crippen LogP contribution in [0.5, 0.6) is 5.75 Å². The van der Waals surface area contributed by atoms with Gasteiger partial charge in [-0.15, -0.1) is 0 Å². The molecule has 0 aliphatic rings. The van der Waals surface area contributed by atoms with Gasteiger partial charge in [-0.25, -0.2) is 4.79 Å². The number of hydrogen-bond donors (Lipinski definition) is 1. The Kier molecular flexibility index (Phi) is 4.37. The zero-order chi connectivity index (χ0) is 12.0. The molecule has 1 aromatic carbocycles. The predicted octanol–water partition coefficient (Wildman–Crippen LogP) is 2.23. The molecule has 1 rings (SSSR count). The summed E-state index contributed by atoms with van der Waals surface area (Å²) < 4.78 is 5.20. The van der Waals surface area contributed by atoms with E-state index in [0.717, 1.165) is 6.08 Å². The number of carboxylic acid groups (broad SMARTS) is 1. The number of halogens is 1. The summed E-state index contributed by atoms with van der Waals surface area (Å²) in [5.41, 5.74) is 0.243. The van der Waals surface area contributed by atoms with Crippen molar-refractivity contribution in [2.24, 2.45) is 0 Å². The maximum Gasteiger partial charge on any atom is 0.328 e. The number of ether oxygens (including phenoxy) is 1. The van der Waals surface area contributed by atoms with Crippen molar-refractivity contribution >= 4 is 17.6 Å². The molecule has 0 aliphatic carbocycles. The Bertz CT molecular complexity index is 463. The molecule has 4 nitrogen and oxygen atoms in total. The van der Waals surface area contributed by atoms with Gasteiger partial charge in [0.1, 0.15) is 24.0 Å². The molecule has 0 heterocycles. The SMILES string of the molecule is N#Cc1c(Cl)cccc1OC/C=C/C(=O)O. The van der Waals surface area contributed by atoms with Crippen LogP contribution in [0.1, 0.15) is 5.56 Å². The third-order valence-corrected chi connectivity index (χ3v) is 2.00. The summed E-state index contributed by atoms with van der Waals surface area (Å²) in [5, 5.41) is 17.5. The number of carbonyl (C=O) groups is 1. The number of aliphatic carboxylic acids is 1. The molecular formula is C11H8ClNO3. The van der Waals surface area contributed by atoms with Gasteiger partial charge in [0.05, 0.1) is 5.02 Å². The van der Waals surface area contributed by atoms with Gasteiger partial charge >= 0.3 is 5.97 Å². The van der Waals surface area contributed by atoms with Gasteiger partial charge in [0.25, 0.3) is 0 Å². The maximum absolute atomic E-state index is 10.2. The van der Waals surface area contributed by atoms with Gasteiger partial charge in [-0.05, 0) is 18.2 Å².